The molecule has 0 spiro atoms. The highest BCUT2D eigenvalue weighted by molar-refractivity contribution is 7.99. The molecule has 0 aliphatic heterocycles. The van der Waals surface area contributed by atoms with E-state index >= 15 is 0 Å². The van der Waals surface area contributed by atoms with Crippen molar-refractivity contribution in [1.29, 1.82) is 0 Å². The van der Waals surface area contributed by atoms with E-state index in [1.807, 2.05) is 0 Å². The highest BCUT2D eigenvalue weighted by atomic mass is 32.2. The van der Waals surface area contributed by atoms with E-state index in [0.717, 1.165) is 5.75 Å². The molecule has 8 heteroatoms. The molecule has 0 aliphatic carbocycles. The molecule has 3 rings (SSSR count). The Morgan fingerprint density at radius 2 is 1.96 bits per heavy atom. The summed E-state index contributed by atoms with van der Waals surface area (Å²) in [6, 6.07) is 10.6. The maximum atomic E-state index is 9.98. The number of thioether (sulfide) groups is 1. The maximum Gasteiger partial charge on any atom is 0.284 e. The Morgan fingerprint density at radius 1 is 1.17 bits per heavy atom. The molecule has 126 valence electrons. The predicted octanol–water partition coefficient (Wildman–Crippen LogP) is 2.87. The first-order valence-electron chi connectivity index (χ1n) is 7.19. The summed E-state index contributed by atoms with van der Waals surface area (Å²) in [6.45, 7) is 0.165. The Labute approximate surface area is 142 Å². The molecule has 1 atom stereocenters. The minimum absolute atomic E-state index is 0.165. The number of furan rings is 1. The molecule has 0 bridgehead atoms. The van der Waals surface area contributed by atoms with Crippen LogP contribution in [0.25, 0.3) is 11.7 Å². The summed E-state index contributed by atoms with van der Waals surface area (Å²) in [5.74, 6) is 2.61. The van der Waals surface area contributed by atoms with Crippen molar-refractivity contribution in [1.82, 2.24) is 10.2 Å². The number of hydrogen-bond donors (Lipinski definition) is 1. The van der Waals surface area contributed by atoms with E-state index < -0.39 is 6.10 Å². The van der Waals surface area contributed by atoms with Crippen molar-refractivity contribution >= 4 is 11.8 Å². The zero-order chi connectivity index (χ0) is 16.8. The summed E-state index contributed by atoms with van der Waals surface area (Å²) in [6.07, 6.45) is 0.864. The SMILES string of the molecule is COc1ccc(OC[C@H](O)CSc2nnc(-c3ccco3)o2)cc1. The Kier molecular flexibility index (Phi) is 5.39. The fourth-order valence-electron chi connectivity index (χ4n) is 1.85. The van der Waals surface area contributed by atoms with Gasteiger partial charge < -0.3 is 23.4 Å². The Bertz CT molecular complexity index is 742. The van der Waals surface area contributed by atoms with Crippen LogP contribution in [0.2, 0.25) is 0 Å². The number of hydrogen-bond acceptors (Lipinski definition) is 8. The number of rotatable bonds is 8. The largest absolute Gasteiger partial charge is 0.497 e. The molecule has 1 N–H and O–H groups in total. The van der Waals surface area contributed by atoms with Gasteiger partial charge in [-0.15, -0.1) is 10.2 Å². The zero-order valence-electron chi connectivity index (χ0n) is 12.9. The third-order valence-corrected chi connectivity index (χ3v) is 4.00. The lowest BCUT2D eigenvalue weighted by Gasteiger charge is -2.11. The lowest BCUT2D eigenvalue weighted by Crippen LogP contribution is -2.20. The molecule has 2 heterocycles. The van der Waals surface area contributed by atoms with Crippen LogP contribution in [0.15, 0.2) is 56.7 Å². The van der Waals surface area contributed by atoms with Crippen LogP contribution in [0.1, 0.15) is 0 Å². The standard InChI is InChI=1S/C16H16N2O5S/c1-20-12-4-6-13(7-5-12)22-9-11(19)10-24-16-18-17-15(23-16)14-3-2-8-21-14/h2-8,11,19H,9-10H2,1H3/t11-/m0/s1. The van der Waals surface area contributed by atoms with Crippen LogP contribution in [0, 0.1) is 0 Å². The van der Waals surface area contributed by atoms with Crippen LogP contribution < -0.4 is 9.47 Å². The summed E-state index contributed by atoms with van der Waals surface area (Å²) >= 11 is 1.26. The second-order valence-corrected chi connectivity index (χ2v) is 5.77. The number of benzene rings is 1. The van der Waals surface area contributed by atoms with Gasteiger partial charge >= 0.3 is 0 Å². The van der Waals surface area contributed by atoms with Gasteiger partial charge in [-0.3, -0.25) is 0 Å². The molecule has 2 aromatic heterocycles. The quantitative estimate of drug-likeness (QED) is 0.622. The summed E-state index contributed by atoms with van der Waals surface area (Å²) in [4.78, 5) is 0. The minimum atomic E-state index is -0.670. The number of nitrogens with zero attached hydrogens (tertiary/aromatic N) is 2. The monoisotopic (exact) mass is 348 g/mol. The number of aromatic nitrogens is 2. The van der Waals surface area contributed by atoms with Gasteiger partial charge in [0, 0.05) is 5.75 Å². The van der Waals surface area contributed by atoms with E-state index in [1.54, 1.807) is 43.5 Å². The topological polar surface area (TPSA) is 90.8 Å². The van der Waals surface area contributed by atoms with Crippen molar-refractivity contribution in [3.63, 3.8) is 0 Å². The number of methoxy groups -OCH3 is 1. The van der Waals surface area contributed by atoms with Gasteiger partial charge in [0.1, 0.15) is 18.1 Å². The van der Waals surface area contributed by atoms with E-state index in [9.17, 15) is 5.11 Å². The van der Waals surface area contributed by atoms with E-state index in [2.05, 4.69) is 10.2 Å². The van der Waals surface area contributed by atoms with Gasteiger partial charge in [0.15, 0.2) is 5.76 Å². The van der Waals surface area contributed by atoms with Gasteiger partial charge in [0.05, 0.1) is 19.5 Å². The zero-order valence-corrected chi connectivity index (χ0v) is 13.7. The molecule has 3 aromatic rings. The molecule has 0 aliphatic rings. The highest BCUT2D eigenvalue weighted by Gasteiger charge is 2.13. The van der Waals surface area contributed by atoms with Gasteiger partial charge in [0.2, 0.25) is 0 Å². The van der Waals surface area contributed by atoms with Crippen LogP contribution in [-0.4, -0.2) is 40.9 Å². The van der Waals surface area contributed by atoms with Gasteiger partial charge in [-0.25, -0.2) is 0 Å². The van der Waals surface area contributed by atoms with E-state index in [1.165, 1.54) is 18.0 Å². The summed E-state index contributed by atoms with van der Waals surface area (Å²) in [7, 11) is 1.60. The average molecular weight is 348 g/mol. The molecular weight excluding hydrogens is 332 g/mol. The van der Waals surface area contributed by atoms with Crippen molar-refractivity contribution in [2.24, 2.45) is 0 Å². The fourth-order valence-corrected chi connectivity index (χ4v) is 2.52. The third-order valence-electron chi connectivity index (χ3n) is 3.04. The Balaban J connectivity index is 1.44. The Hall–Kier alpha value is -2.45. The molecule has 0 fully saturated rings. The highest BCUT2D eigenvalue weighted by Crippen LogP contribution is 2.24. The van der Waals surface area contributed by atoms with Crippen LogP contribution in [-0.2, 0) is 0 Å². The lowest BCUT2D eigenvalue weighted by molar-refractivity contribution is 0.126. The van der Waals surface area contributed by atoms with Crippen LogP contribution in [0.3, 0.4) is 0 Å². The predicted molar refractivity (Wildman–Crippen MR) is 87.2 cm³/mol. The molecule has 0 saturated carbocycles. The normalized spacial score (nSPS) is 12.1. The summed E-state index contributed by atoms with van der Waals surface area (Å²) in [5.41, 5.74) is 0. The molecule has 1 aromatic carbocycles. The smallest absolute Gasteiger partial charge is 0.284 e. The third kappa shape index (κ3) is 4.30. The minimum Gasteiger partial charge on any atom is -0.497 e. The van der Waals surface area contributed by atoms with Crippen LogP contribution >= 0.6 is 11.8 Å². The first-order valence-corrected chi connectivity index (χ1v) is 8.18. The maximum absolute atomic E-state index is 9.98. The van der Waals surface area contributed by atoms with Gasteiger partial charge in [-0.05, 0) is 36.4 Å². The molecule has 0 radical (unpaired) electrons. The van der Waals surface area contributed by atoms with Crippen molar-refractivity contribution in [2.75, 3.05) is 19.5 Å². The van der Waals surface area contributed by atoms with Gasteiger partial charge in [-0.1, -0.05) is 11.8 Å². The van der Waals surface area contributed by atoms with Crippen molar-refractivity contribution in [2.45, 2.75) is 11.3 Å². The lowest BCUT2D eigenvalue weighted by atomic mass is 10.3. The van der Waals surface area contributed by atoms with Crippen molar-refractivity contribution in [3.8, 4) is 23.1 Å². The number of aliphatic hydroxyl groups excluding tert-OH is 1. The summed E-state index contributed by atoms with van der Waals surface area (Å²) < 4.78 is 21.2. The molecule has 7 nitrogen and oxygen atoms in total. The average Bonchev–Trinajstić information content (AvgIpc) is 3.29. The van der Waals surface area contributed by atoms with Crippen molar-refractivity contribution in [3.05, 3.63) is 42.7 Å². The fraction of sp³-hybridized carbons (Fsp3) is 0.250. The molecule has 0 amide bonds. The van der Waals surface area contributed by atoms with Gasteiger partial charge in [-0.2, -0.15) is 0 Å². The second kappa shape index (κ2) is 7.89. The Morgan fingerprint density at radius 3 is 2.67 bits per heavy atom. The van der Waals surface area contributed by atoms with Crippen LogP contribution in [0.4, 0.5) is 0 Å². The van der Waals surface area contributed by atoms with Crippen LogP contribution in [0.5, 0.6) is 11.5 Å². The van der Waals surface area contributed by atoms with E-state index in [4.69, 9.17) is 18.3 Å². The molecule has 0 saturated heterocycles. The molecular formula is C16H16N2O5S. The van der Waals surface area contributed by atoms with Crippen molar-refractivity contribution < 1.29 is 23.4 Å². The first-order chi connectivity index (χ1) is 11.7. The summed E-state index contributed by atoms with van der Waals surface area (Å²) in [5, 5.41) is 18.1. The number of aliphatic hydroxyl groups is 1. The van der Waals surface area contributed by atoms with E-state index in [-0.39, 0.29) is 6.61 Å². The first kappa shape index (κ1) is 16.4. The molecule has 24 heavy (non-hydrogen) atoms. The van der Waals surface area contributed by atoms with E-state index in [0.29, 0.717) is 28.4 Å². The molecule has 0 unspecified atom stereocenters. The van der Waals surface area contributed by atoms with Gasteiger partial charge in [0.25, 0.3) is 11.1 Å². The second-order valence-electron chi connectivity index (χ2n) is 4.80. The number of ether oxygens (including phenoxy) is 2.